The second-order valence-corrected chi connectivity index (χ2v) is 4.93. The highest BCUT2D eigenvalue weighted by Gasteiger charge is 2.18. The highest BCUT2D eigenvalue weighted by Crippen LogP contribution is 2.12. The Kier molecular flexibility index (Phi) is 5.12. The maximum atomic E-state index is 12.2. The average molecular weight is 262 g/mol. The summed E-state index contributed by atoms with van der Waals surface area (Å²) in [6.07, 6.45) is 8.90. The van der Waals surface area contributed by atoms with Crippen molar-refractivity contribution in [3.8, 4) is 0 Å². The van der Waals surface area contributed by atoms with Crippen LogP contribution in [0.3, 0.4) is 0 Å². The highest BCUT2D eigenvalue weighted by molar-refractivity contribution is 5.93. The molecule has 1 amide bonds. The van der Waals surface area contributed by atoms with Crippen molar-refractivity contribution in [3.63, 3.8) is 0 Å². The van der Waals surface area contributed by atoms with Crippen molar-refractivity contribution in [3.05, 3.63) is 18.0 Å². The third-order valence-corrected chi connectivity index (χ3v) is 3.36. The van der Waals surface area contributed by atoms with Gasteiger partial charge in [-0.25, -0.2) is 9.97 Å². The van der Waals surface area contributed by atoms with Gasteiger partial charge >= 0.3 is 0 Å². The van der Waals surface area contributed by atoms with Crippen molar-refractivity contribution in [2.45, 2.75) is 39.0 Å². The van der Waals surface area contributed by atoms with Gasteiger partial charge < -0.3 is 10.2 Å². The topological polar surface area (TPSA) is 58.1 Å². The number of anilines is 1. The number of carbonyl (C=O) groups is 1. The fourth-order valence-corrected chi connectivity index (χ4v) is 2.19. The smallest absolute Gasteiger partial charge is 0.256 e. The Bertz CT molecular complexity index is 398. The van der Waals surface area contributed by atoms with Gasteiger partial charge in [-0.05, 0) is 25.7 Å². The molecule has 1 aliphatic rings. The number of hydrogen-bond donors (Lipinski definition) is 1. The van der Waals surface area contributed by atoms with Crippen LogP contribution in [0.15, 0.2) is 12.4 Å². The Hall–Kier alpha value is -1.65. The zero-order valence-electron chi connectivity index (χ0n) is 11.6. The van der Waals surface area contributed by atoms with Crippen LogP contribution in [-0.2, 0) is 0 Å². The number of aromatic nitrogens is 2. The minimum Gasteiger partial charge on any atom is -0.354 e. The number of likely N-dealkylation sites (tertiary alicyclic amines) is 1. The molecule has 0 unspecified atom stereocenters. The molecule has 0 aliphatic carbocycles. The Balaban J connectivity index is 1.91. The molecule has 1 saturated heterocycles. The molecule has 0 spiro atoms. The van der Waals surface area contributed by atoms with Crippen LogP contribution in [0.1, 0.15) is 49.4 Å². The molecule has 1 aliphatic heterocycles. The largest absolute Gasteiger partial charge is 0.354 e. The summed E-state index contributed by atoms with van der Waals surface area (Å²) in [5.74, 6) is 0.656. The van der Waals surface area contributed by atoms with Crippen LogP contribution < -0.4 is 5.32 Å². The van der Waals surface area contributed by atoms with E-state index in [4.69, 9.17) is 0 Å². The van der Waals surface area contributed by atoms with Crippen LogP contribution in [0, 0.1) is 0 Å². The number of nitrogens with one attached hydrogen (secondary N) is 1. The zero-order valence-corrected chi connectivity index (χ0v) is 11.6. The summed E-state index contributed by atoms with van der Waals surface area (Å²) in [6.45, 7) is 4.73. The lowest BCUT2D eigenvalue weighted by Crippen LogP contribution is -2.35. The molecule has 1 fully saturated rings. The standard InChI is InChI=1S/C14H22N4O/c1-2-3-7-15-14-16-10-12(11-17-14)13(19)18-8-5-4-6-9-18/h10-11H,2-9H2,1H3,(H,15,16,17). The summed E-state index contributed by atoms with van der Waals surface area (Å²) < 4.78 is 0. The van der Waals surface area contributed by atoms with Crippen LogP contribution in [0.25, 0.3) is 0 Å². The van der Waals surface area contributed by atoms with E-state index in [1.54, 1.807) is 12.4 Å². The number of hydrogen-bond acceptors (Lipinski definition) is 4. The Morgan fingerprint density at radius 1 is 1.26 bits per heavy atom. The molecule has 1 aromatic rings. The third-order valence-electron chi connectivity index (χ3n) is 3.36. The predicted octanol–water partition coefficient (Wildman–Crippen LogP) is 2.31. The maximum absolute atomic E-state index is 12.2. The van der Waals surface area contributed by atoms with E-state index in [-0.39, 0.29) is 5.91 Å². The van der Waals surface area contributed by atoms with Crippen molar-refractivity contribution in [2.75, 3.05) is 25.0 Å². The first-order chi connectivity index (χ1) is 9.31. The lowest BCUT2D eigenvalue weighted by atomic mass is 10.1. The van der Waals surface area contributed by atoms with E-state index in [1.165, 1.54) is 6.42 Å². The summed E-state index contributed by atoms with van der Waals surface area (Å²) in [6, 6.07) is 0. The van der Waals surface area contributed by atoms with Gasteiger partial charge in [-0.15, -0.1) is 0 Å². The first-order valence-electron chi connectivity index (χ1n) is 7.16. The summed E-state index contributed by atoms with van der Waals surface area (Å²) in [5.41, 5.74) is 0.586. The molecule has 1 N–H and O–H groups in total. The average Bonchev–Trinajstić information content (AvgIpc) is 2.48. The number of carbonyl (C=O) groups excluding carboxylic acids is 1. The second kappa shape index (κ2) is 7.07. The van der Waals surface area contributed by atoms with Crippen molar-refractivity contribution in [1.29, 1.82) is 0 Å². The molecule has 5 nitrogen and oxygen atoms in total. The van der Waals surface area contributed by atoms with E-state index in [2.05, 4.69) is 22.2 Å². The molecule has 104 valence electrons. The molecule has 0 aromatic carbocycles. The SMILES string of the molecule is CCCCNc1ncc(C(=O)N2CCCCC2)cn1. The monoisotopic (exact) mass is 262 g/mol. The maximum Gasteiger partial charge on any atom is 0.256 e. The molecule has 1 aromatic heterocycles. The number of nitrogens with zero attached hydrogens (tertiary/aromatic N) is 3. The van der Waals surface area contributed by atoms with E-state index >= 15 is 0 Å². The van der Waals surface area contributed by atoms with E-state index < -0.39 is 0 Å². The Labute approximate surface area is 114 Å². The van der Waals surface area contributed by atoms with Crippen LogP contribution >= 0.6 is 0 Å². The zero-order chi connectivity index (χ0) is 13.5. The van der Waals surface area contributed by atoms with Crippen LogP contribution in [-0.4, -0.2) is 40.4 Å². The van der Waals surface area contributed by atoms with Crippen LogP contribution in [0.4, 0.5) is 5.95 Å². The quantitative estimate of drug-likeness (QED) is 0.827. The lowest BCUT2D eigenvalue weighted by Gasteiger charge is -2.26. The van der Waals surface area contributed by atoms with Gasteiger partial charge in [0.15, 0.2) is 0 Å². The highest BCUT2D eigenvalue weighted by atomic mass is 16.2. The van der Waals surface area contributed by atoms with Crippen molar-refractivity contribution < 1.29 is 4.79 Å². The molecule has 2 heterocycles. The second-order valence-electron chi connectivity index (χ2n) is 4.93. The first kappa shape index (κ1) is 13.8. The molecule has 0 atom stereocenters. The van der Waals surface area contributed by atoms with Gasteiger partial charge in [0.1, 0.15) is 0 Å². The molecule has 0 saturated carbocycles. The molecular weight excluding hydrogens is 240 g/mol. The van der Waals surface area contributed by atoms with Crippen LogP contribution in [0.2, 0.25) is 0 Å². The number of amides is 1. The summed E-state index contributed by atoms with van der Waals surface area (Å²) >= 11 is 0. The van der Waals surface area contributed by atoms with Crippen molar-refractivity contribution in [2.24, 2.45) is 0 Å². The lowest BCUT2D eigenvalue weighted by molar-refractivity contribution is 0.0723. The van der Waals surface area contributed by atoms with Gasteiger partial charge in [0, 0.05) is 32.0 Å². The Morgan fingerprint density at radius 2 is 1.95 bits per heavy atom. The van der Waals surface area contributed by atoms with Gasteiger partial charge in [0.2, 0.25) is 5.95 Å². The first-order valence-corrected chi connectivity index (χ1v) is 7.16. The van der Waals surface area contributed by atoms with E-state index in [9.17, 15) is 4.79 Å². The van der Waals surface area contributed by atoms with E-state index in [0.717, 1.165) is 45.3 Å². The number of unbranched alkanes of at least 4 members (excludes halogenated alkanes) is 1. The van der Waals surface area contributed by atoms with E-state index in [0.29, 0.717) is 11.5 Å². The normalized spacial score (nSPS) is 15.3. The van der Waals surface area contributed by atoms with Crippen molar-refractivity contribution in [1.82, 2.24) is 14.9 Å². The van der Waals surface area contributed by atoms with E-state index in [1.807, 2.05) is 4.90 Å². The van der Waals surface area contributed by atoms with Gasteiger partial charge in [0.25, 0.3) is 5.91 Å². The van der Waals surface area contributed by atoms with Crippen molar-refractivity contribution >= 4 is 11.9 Å². The molecule has 0 radical (unpaired) electrons. The summed E-state index contributed by atoms with van der Waals surface area (Å²) in [4.78, 5) is 22.5. The predicted molar refractivity (Wildman–Crippen MR) is 75.2 cm³/mol. The summed E-state index contributed by atoms with van der Waals surface area (Å²) in [5, 5.41) is 3.14. The van der Waals surface area contributed by atoms with Gasteiger partial charge in [-0.2, -0.15) is 0 Å². The fraction of sp³-hybridized carbons (Fsp3) is 0.643. The number of rotatable bonds is 5. The van der Waals surface area contributed by atoms with Gasteiger partial charge in [-0.1, -0.05) is 13.3 Å². The minimum absolute atomic E-state index is 0.0554. The van der Waals surface area contributed by atoms with Crippen LogP contribution in [0.5, 0.6) is 0 Å². The fourth-order valence-electron chi connectivity index (χ4n) is 2.19. The molecule has 0 bridgehead atoms. The van der Waals surface area contributed by atoms with Gasteiger partial charge in [0.05, 0.1) is 5.56 Å². The number of piperidine rings is 1. The molecule has 5 heteroatoms. The summed E-state index contributed by atoms with van der Waals surface area (Å²) in [7, 11) is 0. The van der Waals surface area contributed by atoms with Gasteiger partial charge in [-0.3, -0.25) is 4.79 Å². The molecular formula is C14H22N4O. The molecule has 19 heavy (non-hydrogen) atoms. The molecule has 2 rings (SSSR count). The minimum atomic E-state index is 0.0554. The third kappa shape index (κ3) is 3.91. The Morgan fingerprint density at radius 3 is 2.58 bits per heavy atom.